The molecule has 0 aliphatic rings. The minimum absolute atomic E-state index is 0.153. The molecule has 3 heteroatoms. The van der Waals surface area contributed by atoms with Gasteiger partial charge in [-0.15, -0.1) is 0 Å². The number of carbonyl (C=O) groups excluding carboxylic acids is 1. The van der Waals surface area contributed by atoms with E-state index in [0.717, 1.165) is 16.8 Å². The van der Waals surface area contributed by atoms with Crippen LogP contribution < -0.4 is 5.32 Å². The van der Waals surface area contributed by atoms with Gasteiger partial charge < -0.3 is 5.32 Å². The van der Waals surface area contributed by atoms with Crippen molar-refractivity contribution in [2.24, 2.45) is 0 Å². The molecule has 0 saturated heterocycles. The molecule has 0 saturated carbocycles. The molecule has 1 amide bonds. The second-order valence-corrected chi connectivity index (χ2v) is 6.62. The zero-order valence-corrected chi connectivity index (χ0v) is 15.2. The van der Waals surface area contributed by atoms with Crippen LogP contribution in [0.2, 0.25) is 0 Å². The molecule has 3 aromatic carbocycles. The van der Waals surface area contributed by atoms with E-state index in [0.29, 0.717) is 11.1 Å². The highest BCUT2D eigenvalue weighted by Crippen LogP contribution is 2.27. The maximum absolute atomic E-state index is 14.6. The quantitative estimate of drug-likeness (QED) is 0.630. The summed E-state index contributed by atoms with van der Waals surface area (Å²) < 4.78 is 14.6. The molecule has 3 rings (SSSR count). The lowest BCUT2D eigenvalue weighted by Gasteiger charge is -2.15. The smallest absolute Gasteiger partial charge is 0.231 e. The Labute approximate surface area is 153 Å². The number of rotatable bonds is 4. The molecule has 0 radical (unpaired) electrons. The highest BCUT2D eigenvalue weighted by molar-refractivity contribution is 5.95. The fourth-order valence-electron chi connectivity index (χ4n) is 2.87. The minimum atomic E-state index is -0.448. The fourth-order valence-corrected chi connectivity index (χ4v) is 2.87. The van der Waals surface area contributed by atoms with E-state index < -0.39 is 5.92 Å². The first-order valence-electron chi connectivity index (χ1n) is 8.68. The number of nitrogens with one attached hydrogen (secondary N) is 1. The maximum atomic E-state index is 14.6. The van der Waals surface area contributed by atoms with Crippen LogP contribution in [0.1, 0.15) is 29.5 Å². The highest BCUT2D eigenvalue weighted by atomic mass is 19.1. The lowest BCUT2D eigenvalue weighted by atomic mass is 9.96. The van der Waals surface area contributed by atoms with Crippen LogP contribution >= 0.6 is 0 Å². The van der Waals surface area contributed by atoms with Crippen molar-refractivity contribution in [1.82, 2.24) is 0 Å². The Morgan fingerprint density at radius 2 is 1.65 bits per heavy atom. The molecule has 0 aliphatic heterocycles. The first-order valence-corrected chi connectivity index (χ1v) is 8.68. The van der Waals surface area contributed by atoms with Crippen LogP contribution in [-0.4, -0.2) is 5.91 Å². The number of carbonyl (C=O) groups is 1. The number of halogens is 1. The van der Waals surface area contributed by atoms with Crippen LogP contribution in [0.3, 0.4) is 0 Å². The van der Waals surface area contributed by atoms with Gasteiger partial charge in [0.25, 0.3) is 0 Å². The number of anilines is 1. The third kappa shape index (κ3) is 3.83. The topological polar surface area (TPSA) is 29.1 Å². The number of hydrogen-bond acceptors (Lipinski definition) is 1. The van der Waals surface area contributed by atoms with E-state index in [-0.39, 0.29) is 11.7 Å². The van der Waals surface area contributed by atoms with Crippen molar-refractivity contribution in [3.63, 3.8) is 0 Å². The molecule has 1 atom stereocenters. The lowest BCUT2D eigenvalue weighted by Crippen LogP contribution is -2.19. The van der Waals surface area contributed by atoms with Gasteiger partial charge in [-0.1, -0.05) is 48.5 Å². The molecule has 3 aromatic rings. The number of aryl methyl sites for hydroxylation is 2. The highest BCUT2D eigenvalue weighted by Gasteiger charge is 2.17. The van der Waals surface area contributed by atoms with Crippen molar-refractivity contribution in [2.75, 3.05) is 5.32 Å². The molecule has 0 fully saturated rings. The predicted octanol–water partition coefficient (Wildman–Crippen LogP) is 5.85. The molecule has 132 valence electrons. The van der Waals surface area contributed by atoms with Crippen LogP contribution in [0.4, 0.5) is 10.1 Å². The first kappa shape index (κ1) is 17.9. The second kappa shape index (κ2) is 7.52. The second-order valence-electron chi connectivity index (χ2n) is 6.62. The van der Waals surface area contributed by atoms with Gasteiger partial charge in [0.05, 0.1) is 5.92 Å². The summed E-state index contributed by atoms with van der Waals surface area (Å²) in [4.78, 5) is 12.5. The molecular formula is C23H22FNO. The maximum Gasteiger partial charge on any atom is 0.231 e. The number of hydrogen-bond donors (Lipinski definition) is 1. The predicted molar refractivity (Wildman–Crippen MR) is 105 cm³/mol. The van der Waals surface area contributed by atoms with E-state index in [2.05, 4.69) is 5.32 Å². The van der Waals surface area contributed by atoms with Gasteiger partial charge in [-0.3, -0.25) is 4.79 Å². The molecule has 0 aromatic heterocycles. The van der Waals surface area contributed by atoms with E-state index in [4.69, 9.17) is 0 Å². The van der Waals surface area contributed by atoms with Crippen molar-refractivity contribution in [1.29, 1.82) is 0 Å². The van der Waals surface area contributed by atoms with Crippen LogP contribution in [0, 0.1) is 19.7 Å². The molecule has 0 aliphatic carbocycles. The fraction of sp³-hybridized carbons (Fsp3) is 0.174. The van der Waals surface area contributed by atoms with Crippen molar-refractivity contribution in [3.8, 4) is 11.1 Å². The Morgan fingerprint density at radius 1 is 0.923 bits per heavy atom. The Balaban J connectivity index is 1.78. The van der Waals surface area contributed by atoms with Gasteiger partial charge in [-0.25, -0.2) is 4.39 Å². The summed E-state index contributed by atoms with van der Waals surface area (Å²) in [6, 6.07) is 20.2. The minimum Gasteiger partial charge on any atom is -0.326 e. The molecule has 0 heterocycles. The summed E-state index contributed by atoms with van der Waals surface area (Å²) in [5, 5.41) is 2.91. The van der Waals surface area contributed by atoms with Gasteiger partial charge in [0, 0.05) is 11.3 Å². The van der Waals surface area contributed by atoms with E-state index in [1.807, 2.05) is 68.4 Å². The van der Waals surface area contributed by atoms with Gasteiger partial charge >= 0.3 is 0 Å². The summed E-state index contributed by atoms with van der Waals surface area (Å²) in [6.07, 6.45) is 0. The largest absolute Gasteiger partial charge is 0.326 e. The van der Waals surface area contributed by atoms with E-state index in [1.54, 1.807) is 13.0 Å². The third-order valence-corrected chi connectivity index (χ3v) is 4.75. The zero-order valence-electron chi connectivity index (χ0n) is 15.2. The lowest BCUT2D eigenvalue weighted by molar-refractivity contribution is -0.117. The zero-order chi connectivity index (χ0) is 18.7. The van der Waals surface area contributed by atoms with Crippen LogP contribution in [0.15, 0.2) is 66.7 Å². The van der Waals surface area contributed by atoms with Crippen molar-refractivity contribution in [2.45, 2.75) is 26.7 Å². The van der Waals surface area contributed by atoms with Crippen LogP contribution in [0.5, 0.6) is 0 Å². The Morgan fingerprint density at radius 3 is 2.31 bits per heavy atom. The van der Waals surface area contributed by atoms with Crippen LogP contribution in [-0.2, 0) is 4.79 Å². The van der Waals surface area contributed by atoms with Gasteiger partial charge in [0.1, 0.15) is 5.82 Å². The van der Waals surface area contributed by atoms with Gasteiger partial charge in [-0.05, 0) is 61.2 Å². The molecule has 26 heavy (non-hydrogen) atoms. The van der Waals surface area contributed by atoms with Crippen molar-refractivity contribution < 1.29 is 9.18 Å². The van der Waals surface area contributed by atoms with Crippen molar-refractivity contribution in [3.05, 3.63) is 89.2 Å². The molecular weight excluding hydrogens is 325 g/mol. The summed E-state index contributed by atoms with van der Waals surface area (Å²) in [7, 11) is 0. The molecule has 0 unspecified atom stereocenters. The number of amides is 1. The summed E-state index contributed by atoms with van der Waals surface area (Å²) in [5.41, 5.74) is 5.07. The average molecular weight is 347 g/mol. The molecule has 0 spiro atoms. The Bertz CT molecular complexity index is 934. The van der Waals surface area contributed by atoms with Crippen molar-refractivity contribution >= 4 is 11.6 Å². The normalized spacial score (nSPS) is 11.8. The summed E-state index contributed by atoms with van der Waals surface area (Å²) in [5.74, 6) is -0.921. The van der Waals surface area contributed by atoms with E-state index in [9.17, 15) is 9.18 Å². The van der Waals surface area contributed by atoms with Gasteiger partial charge in [0.15, 0.2) is 0 Å². The Hall–Kier alpha value is -2.94. The monoisotopic (exact) mass is 347 g/mol. The van der Waals surface area contributed by atoms with E-state index >= 15 is 0 Å². The number of benzene rings is 3. The van der Waals surface area contributed by atoms with Gasteiger partial charge in [0.2, 0.25) is 5.91 Å². The van der Waals surface area contributed by atoms with Crippen LogP contribution in [0.25, 0.3) is 11.1 Å². The summed E-state index contributed by atoms with van der Waals surface area (Å²) >= 11 is 0. The van der Waals surface area contributed by atoms with Gasteiger partial charge in [-0.2, -0.15) is 0 Å². The average Bonchev–Trinajstić information content (AvgIpc) is 2.64. The third-order valence-electron chi connectivity index (χ3n) is 4.75. The standard InChI is InChI=1S/C23H22FNO/c1-15-9-11-20(13-16(15)2)25-23(26)17(3)19-10-12-21(22(24)14-19)18-7-5-4-6-8-18/h4-14,17H,1-3H3,(H,25,26)/t17-/m0/s1. The SMILES string of the molecule is Cc1ccc(NC(=O)[C@@H](C)c2ccc(-c3ccccc3)c(F)c2)cc1C. The Kier molecular flexibility index (Phi) is 5.17. The first-order chi connectivity index (χ1) is 12.5. The molecule has 1 N–H and O–H groups in total. The molecule has 0 bridgehead atoms. The van der Waals surface area contributed by atoms with E-state index in [1.165, 1.54) is 11.6 Å². The molecule has 2 nitrogen and oxygen atoms in total. The summed E-state index contributed by atoms with van der Waals surface area (Å²) in [6.45, 7) is 5.82.